The number of nitrogens with zero attached hydrogens (tertiary/aromatic N) is 2. The average molecular weight is 533 g/mol. The first kappa shape index (κ1) is 27.6. The number of amides is 2. The normalized spacial score (nSPS) is 27.9. The minimum Gasteiger partial charge on any atom is -0.466 e. The summed E-state index contributed by atoms with van der Waals surface area (Å²) in [6.07, 6.45) is 5.32. The Morgan fingerprint density at radius 2 is 2.08 bits per heavy atom. The number of carbonyl (C=O) groups excluding carboxylic acids is 3. The number of rotatable bonds is 12. The standard InChI is InChI=1S/C28H37ClN2O6/c1-4-15-30(23-18(3)11-10-12-19(23)29)26(34)24-28-14-13-20(37-28)21(27(35)36-5-2)22(28)25(33)31(24)16-8-6-7-9-17-32/h4,10-12,20-22,24,32H,1,5-9,13-17H2,2-3H3/t20-,21+,22+,24-,28+/m0/s1. The molecule has 3 aliphatic rings. The van der Waals surface area contributed by atoms with Crippen molar-refractivity contribution < 1.29 is 29.0 Å². The van der Waals surface area contributed by atoms with Gasteiger partial charge in [-0.05, 0) is 51.2 Å². The van der Waals surface area contributed by atoms with E-state index in [1.807, 2.05) is 19.1 Å². The maximum atomic E-state index is 14.5. The van der Waals surface area contributed by atoms with Gasteiger partial charge in [0.05, 0.1) is 35.3 Å². The summed E-state index contributed by atoms with van der Waals surface area (Å²) >= 11 is 6.57. The number of ether oxygens (including phenoxy) is 2. The van der Waals surface area contributed by atoms with E-state index in [0.717, 1.165) is 18.4 Å². The molecule has 3 saturated heterocycles. The number of anilines is 1. The summed E-state index contributed by atoms with van der Waals surface area (Å²) in [5, 5.41) is 9.54. The largest absolute Gasteiger partial charge is 0.466 e. The van der Waals surface area contributed by atoms with Crippen LogP contribution in [0.25, 0.3) is 0 Å². The van der Waals surface area contributed by atoms with Gasteiger partial charge in [-0.1, -0.05) is 42.7 Å². The third kappa shape index (κ3) is 4.79. The second-order valence-electron chi connectivity index (χ2n) is 10.1. The summed E-state index contributed by atoms with van der Waals surface area (Å²) in [5.41, 5.74) is 0.326. The van der Waals surface area contributed by atoms with Gasteiger partial charge in [-0.15, -0.1) is 6.58 Å². The number of para-hydroxylation sites is 1. The number of hydrogen-bond donors (Lipinski definition) is 1. The molecule has 202 valence electrons. The van der Waals surface area contributed by atoms with Crippen molar-refractivity contribution in [2.45, 2.75) is 70.1 Å². The highest BCUT2D eigenvalue weighted by molar-refractivity contribution is 6.34. The third-order valence-electron chi connectivity index (χ3n) is 7.94. The van der Waals surface area contributed by atoms with Crippen molar-refractivity contribution >= 4 is 35.1 Å². The molecule has 5 atom stereocenters. The number of hydrogen-bond acceptors (Lipinski definition) is 6. The van der Waals surface area contributed by atoms with E-state index in [1.165, 1.54) is 0 Å². The van der Waals surface area contributed by atoms with Crippen LogP contribution in [0.4, 0.5) is 5.69 Å². The van der Waals surface area contributed by atoms with Crippen LogP contribution in [0, 0.1) is 18.8 Å². The number of unbranched alkanes of at least 4 members (excludes halogenated alkanes) is 3. The Bertz CT molecular complexity index is 1030. The topological polar surface area (TPSA) is 96.4 Å². The number of esters is 1. The molecule has 2 bridgehead atoms. The fourth-order valence-electron chi connectivity index (χ4n) is 6.46. The Labute approximate surface area is 223 Å². The van der Waals surface area contributed by atoms with Gasteiger partial charge in [0, 0.05) is 19.7 Å². The second-order valence-corrected chi connectivity index (χ2v) is 10.5. The van der Waals surface area contributed by atoms with Gasteiger partial charge in [0.25, 0.3) is 5.91 Å². The maximum absolute atomic E-state index is 14.5. The van der Waals surface area contributed by atoms with Gasteiger partial charge in [-0.2, -0.15) is 0 Å². The lowest BCUT2D eigenvalue weighted by Gasteiger charge is -2.37. The molecule has 4 rings (SSSR count). The van der Waals surface area contributed by atoms with Crippen molar-refractivity contribution in [1.29, 1.82) is 0 Å². The first-order valence-corrected chi connectivity index (χ1v) is 13.6. The predicted octanol–water partition coefficient (Wildman–Crippen LogP) is 3.66. The summed E-state index contributed by atoms with van der Waals surface area (Å²) in [7, 11) is 0. The summed E-state index contributed by atoms with van der Waals surface area (Å²) in [6, 6.07) is 4.57. The minimum absolute atomic E-state index is 0.124. The molecular weight excluding hydrogens is 496 g/mol. The molecule has 1 spiro atoms. The average Bonchev–Trinajstić information content (AvgIpc) is 3.50. The smallest absolute Gasteiger partial charge is 0.312 e. The van der Waals surface area contributed by atoms with Crippen LogP contribution in [0.15, 0.2) is 30.9 Å². The number of aliphatic hydroxyl groups excluding tert-OH is 1. The van der Waals surface area contributed by atoms with E-state index in [0.29, 0.717) is 42.9 Å². The highest BCUT2D eigenvalue weighted by Gasteiger charge is 2.75. The van der Waals surface area contributed by atoms with Crippen molar-refractivity contribution in [2.75, 3.05) is 31.2 Å². The van der Waals surface area contributed by atoms with Crippen molar-refractivity contribution in [2.24, 2.45) is 11.8 Å². The zero-order chi connectivity index (χ0) is 26.7. The van der Waals surface area contributed by atoms with E-state index in [9.17, 15) is 14.4 Å². The molecule has 9 heteroatoms. The van der Waals surface area contributed by atoms with Gasteiger partial charge in [-0.25, -0.2) is 0 Å². The van der Waals surface area contributed by atoms with Gasteiger partial charge in [0.1, 0.15) is 11.6 Å². The Kier molecular flexibility index (Phi) is 8.61. The lowest BCUT2D eigenvalue weighted by Crippen LogP contribution is -2.56. The van der Waals surface area contributed by atoms with Crippen molar-refractivity contribution in [3.63, 3.8) is 0 Å². The van der Waals surface area contributed by atoms with E-state index in [1.54, 1.807) is 28.9 Å². The van der Waals surface area contributed by atoms with Crippen LogP contribution in [0.1, 0.15) is 51.0 Å². The quantitative estimate of drug-likeness (QED) is 0.251. The van der Waals surface area contributed by atoms with Crippen LogP contribution in [0.3, 0.4) is 0 Å². The summed E-state index contributed by atoms with van der Waals surface area (Å²) < 4.78 is 11.8. The molecular formula is C28H37ClN2O6. The van der Waals surface area contributed by atoms with Gasteiger partial charge in [0.15, 0.2) is 0 Å². The zero-order valence-corrected chi connectivity index (χ0v) is 22.4. The fourth-order valence-corrected chi connectivity index (χ4v) is 6.78. The number of fused-ring (bicyclic) bond motifs is 1. The molecule has 0 unspecified atom stereocenters. The Hall–Kier alpha value is -2.42. The predicted molar refractivity (Wildman–Crippen MR) is 140 cm³/mol. The number of benzene rings is 1. The number of aliphatic hydroxyl groups is 1. The minimum atomic E-state index is -1.09. The van der Waals surface area contributed by atoms with Crippen molar-refractivity contribution in [3.8, 4) is 0 Å². The number of halogens is 1. The number of carbonyl (C=O) groups is 3. The summed E-state index contributed by atoms with van der Waals surface area (Å²) in [6.45, 7) is 8.39. The molecule has 3 fully saturated rings. The Balaban J connectivity index is 1.73. The first-order chi connectivity index (χ1) is 17.8. The molecule has 0 saturated carbocycles. The van der Waals surface area contributed by atoms with E-state index < -0.39 is 35.6 Å². The van der Waals surface area contributed by atoms with Gasteiger partial charge < -0.3 is 24.4 Å². The van der Waals surface area contributed by atoms with Gasteiger partial charge >= 0.3 is 5.97 Å². The Morgan fingerprint density at radius 1 is 1.32 bits per heavy atom. The monoisotopic (exact) mass is 532 g/mol. The molecule has 0 aromatic heterocycles. The van der Waals surface area contributed by atoms with Crippen LogP contribution in [0.2, 0.25) is 5.02 Å². The first-order valence-electron chi connectivity index (χ1n) is 13.3. The summed E-state index contributed by atoms with van der Waals surface area (Å²) in [5.74, 6) is -2.42. The molecule has 3 aliphatic heterocycles. The second kappa shape index (κ2) is 11.5. The fraction of sp³-hybridized carbons (Fsp3) is 0.607. The van der Waals surface area contributed by atoms with Crippen molar-refractivity contribution in [3.05, 3.63) is 41.4 Å². The van der Waals surface area contributed by atoms with Crippen molar-refractivity contribution in [1.82, 2.24) is 4.90 Å². The molecule has 3 heterocycles. The van der Waals surface area contributed by atoms with Crippen LogP contribution in [0.5, 0.6) is 0 Å². The highest BCUT2D eigenvalue weighted by atomic mass is 35.5. The van der Waals surface area contributed by atoms with Gasteiger partial charge in [0.2, 0.25) is 5.91 Å². The van der Waals surface area contributed by atoms with E-state index in [2.05, 4.69) is 6.58 Å². The molecule has 2 amide bonds. The molecule has 0 radical (unpaired) electrons. The SMILES string of the molecule is C=CCN(C(=O)[C@@H]1N(CCCCCCO)C(=O)[C@H]2[C@H](C(=O)OCC)[C@@H]3CC[C@]12O3)c1c(C)cccc1Cl. The van der Waals surface area contributed by atoms with E-state index in [4.69, 9.17) is 26.2 Å². The molecule has 0 aliphatic carbocycles. The molecule has 1 N–H and O–H groups in total. The van der Waals surface area contributed by atoms with Crippen LogP contribution < -0.4 is 4.90 Å². The molecule has 1 aromatic rings. The third-order valence-corrected chi connectivity index (χ3v) is 8.24. The zero-order valence-electron chi connectivity index (χ0n) is 21.7. The maximum Gasteiger partial charge on any atom is 0.312 e. The van der Waals surface area contributed by atoms with Crippen LogP contribution in [-0.4, -0.2) is 71.8 Å². The van der Waals surface area contributed by atoms with E-state index in [-0.39, 0.29) is 31.6 Å². The number of likely N-dealkylation sites (tertiary alicyclic amines) is 1. The lowest BCUT2D eigenvalue weighted by molar-refractivity contribution is -0.154. The van der Waals surface area contributed by atoms with Gasteiger partial charge in [-0.3, -0.25) is 14.4 Å². The van der Waals surface area contributed by atoms with E-state index >= 15 is 0 Å². The lowest BCUT2D eigenvalue weighted by atomic mass is 9.70. The van der Waals surface area contributed by atoms with Crippen LogP contribution >= 0.6 is 11.6 Å². The number of aryl methyl sites for hydroxylation is 1. The van der Waals surface area contributed by atoms with Crippen LogP contribution in [-0.2, 0) is 23.9 Å². The molecule has 1 aromatic carbocycles. The highest BCUT2D eigenvalue weighted by Crippen LogP contribution is 2.59. The summed E-state index contributed by atoms with van der Waals surface area (Å²) in [4.78, 5) is 44.6. The molecule has 8 nitrogen and oxygen atoms in total. The molecule has 37 heavy (non-hydrogen) atoms. The Morgan fingerprint density at radius 3 is 2.76 bits per heavy atom.